The maximum Gasteiger partial charge on any atom is 0.320 e. The molecule has 14 heavy (non-hydrogen) atoms. The molecular formula is C11H21NO2. The molecular weight excluding hydrogens is 178 g/mol. The van der Waals surface area contributed by atoms with E-state index in [1.165, 1.54) is 25.7 Å². The van der Waals surface area contributed by atoms with Crippen LogP contribution in [0.5, 0.6) is 0 Å². The number of carbonyl (C=O) groups is 1. The molecule has 3 heteroatoms. The second kappa shape index (κ2) is 6.02. The lowest BCUT2D eigenvalue weighted by Crippen LogP contribution is -2.43. The highest BCUT2D eigenvalue weighted by atomic mass is 16.4. The lowest BCUT2D eigenvalue weighted by Gasteiger charge is -2.27. The Hall–Kier alpha value is -0.570. The van der Waals surface area contributed by atoms with Gasteiger partial charge in [0.1, 0.15) is 6.04 Å². The Morgan fingerprint density at radius 2 is 2.29 bits per heavy atom. The Labute approximate surface area is 85.9 Å². The molecule has 2 unspecified atom stereocenters. The zero-order valence-electron chi connectivity index (χ0n) is 8.96. The Kier molecular flexibility index (Phi) is 4.94. The van der Waals surface area contributed by atoms with Crippen LogP contribution in [0.2, 0.25) is 0 Å². The van der Waals surface area contributed by atoms with Crippen molar-refractivity contribution in [3.8, 4) is 0 Å². The molecule has 2 N–H and O–H groups in total. The largest absolute Gasteiger partial charge is 0.480 e. The summed E-state index contributed by atoms with van der Waals surface area (Å²) in [6.45, 7) is 3.07. The third-order valence-corrected chi connectivity index (χ3v) is 3.03. The zero-order chi connectivity index (χ0) is 10.4. The summed E-state index contributed by atoms with van der Waals surface area (Å²) in [4.78, 5) is 10.8. The first-order valence-electron chi connectivity index (χ1n) is 5.70. The molecule has 82 valence electrons. The standard InChI is InChI=1S/C11H21NO2/c1-2-3-4-5-9-6-7-12-10(8-9)11(13)14/h9-10,12H,2-8H2,1H3,(H,13,14). The molecule has 0 saturated carbocycles. The van der Waals surface area contributed by atoms with Crippen molar-refractivity contribution in [1.29, 1.82) is 0 Å². The van der Waals surface area contributed by atoms with E-state index in [0.717, 1.165) is 19.4 Å². The van der Waals surface area contributed by atoms with E-state index in [1.807, 2.05) is 0 Å². The molecule has 1 fully saturated rings. The third-order valence-electron chi connectivity index (χ3n) is 3.03. The molecule has 1 aliphatic rings. The Balaban J connectivity index is 2.22. The molecule has 0 radical (unpaired) electrons. The second-order valence-corrected chi connectivity index (χ2v) is 4.23. The molecule has 2 atom stereocenters. The minimum absolute atomic E-state index is 0.296. The van der Waals surface area contributed by atoms with Gasteiger partial charge >= 0.3 is 5.97 Å². The van der Waals surface area contributed by atoms with Gasteiger partial charge in [0, 0.05) is 0 Å². The van der Waals surface area contributed by atoms with Gasteiger partial charge in [-0.15, -0.1) is 0 Å². The van der Waals surface area contributed by atoms with Gasteiger partial charge in [-0.25, -0.2) is 0 Å². The van der Waals surface area contributed by atoms with Crippen LogP contribution in [0, 0.1) is 5.92 Å². The van der Waals surface area contributed by atoms with Crippen molar-refractivity contribution in [3.63, 3.8) is 0 Å². The van der Waals surface area contributed by atoms with E-state index in [4.69, 9.17) is 5.11 Å². The summed E-state index contributed by atoms with van der Waals surface area (Å²) in [6, 6.07) is -0.296. The summed E-state index contributed by atoms with van der Waals surface area (Å²) < 4.78 is 0. The minimum atomic E-state index is -0.690. The number of nitrogens with one attached hydrogen (secondary N) is 1. The highest BCUT2D eigenvalue weighted by molar-refractivity contribution is 5.73. The molecule has 0 aromatic heterocycles. The van der Waals surface area contributed by atoms with Crippen molar-refractivity contribution < 1.29 is 9.90 Å². The van der Waals surface area contributed by atoms with Gasteiger partial charge in [0.15, 0.2) is 0 Å². The van der Waals surface area contributed by atoms with Crippen molar-refractivity contribution in [2.24, 2.45) is 5.92 Å². The number of unbranched alkanes of at least 4 members (excludes halogenated alkanes) is 2. The van der Waals surface area contributed by atoms with Crippen LogP contribution in [0.3, 0.4) is 0 Å². The number of rotatable bonds is 5. The molecule has 1 aliphatic heterocycles. The molecule has 1 heterocycles. The quantitative estimate of drug-likeness (QED) is 0.666. The van der Waals surface area contributed by atoms with Crippen molar-refractivity contribution >= 4 is 5.97 Å². The number of hydrogen-bond acceptors (Lipinski definition) is 2. The van der Waals surface area contributed by atoms with Crippen LogP contribution in [0.15, 0.2) is 0 Å². The highest BCUT2D eigenvalue weighted by Gasteiger charge is 2.25. The molecule has 0 aliphatic carbocycles. The van der Waals surface area contributed by atoms with Crippen molar-refractivity contribution in [1.82, 2.24) is 5.32 Å². The van der Waals surface area contributed by atoms with Crippen LogP contribution < -0.4 is 5.32 Å². The molecule has 0 bridgehead atoms. The summed E-state index contributed by atoms with van der Waals surface area (Å²) in [6.07, 6.45) is 6.95. The lowest BCUT2D eigenvalue weighted by molar-refractivity contribution is -0.140. The fourth-order valence-electron chi connectivity index (χ4n) is 2.13. The second-order valence-electron chi connectivity index (χ2n) is 4.23. The predicted molar refractivity (Wildman–Crippen MR) is 56.3 cm³/mol. The number of hydrogen-bond donors (Lipinski definition) is 2. The fourth-order valence-corrected chi connectivity index (χ4v) is 2.13. The van der Waals surface area contributed by atoms with E-state index in [0.29, 0.717) is 5.92 Å². The molecule has 0 aromatic rings. The number of carboxylic acid groups (broad SMARTS) is 1. The van der Waals surface area contributed by atoms with Crippen LogP contribution in [-0.2, 0) is 4.79 Å². The molecule has 0 aromatic carbocycles. The maximum atomic E-state index is 10.8. The predicted octanol–water partition coefficient (Wildman–Crippen LogP) is 2.02. The first kappa shape index (κ1) is 11.5. The summed E-state index contributed by atoms with van der Waals surface area (Å²) in [5.74, 6) is -0.0610. The molecule has 0 amide bonds. The van der Waals surface area contributed by atoms with E-state index < -0.39 is 5.97 Å². The van der Waals surface area contributed by atoms with E-state index >= 15 is 0 Å². The monoisotopic (exact) mass is 199 g/mol. The average Bonchev–Trinajstić information content (AvgIpc) is 2.19. The van der Waals surface area contributed by atoms with Gasteiger partial charge in [0.25, 0.3) is 0 Å². The van der Waals surface area contributed by atoms with Crippen molar-refractivity contribution in [2.75, 3.05) is 6.54 Å². The van der Waals surface area contributed by atoms with Crippen LogP contribution in [0.25, 0.3) is 0 Å². The summed E-state index contributed by atoms with van der Waals surface area (Å²) >= 11 is 0. The van der Waals surface area contributed by atoms with Crippen LogP contribution in [0.4, 0.5) is 0 Å². The Morgan fingerprint density at radius 3 is 2.93 bits per heavy atom. The van der Waals surface area contributed by atoms with Gasteiger partial charge in [-0.1, -0.05) is 32.6 Å². The first-order chi connectivity index (χ1) is 6.74. The topological polar surface area (TPSA) is 49.3 Å². The molecule has 1 rings (SSSR count). The van der Waals surface area contributed by atoms with Gasteiger partial charge in [0.2, 0.25) is 0 Å². The maximum absolute atomic E-state index is 10.8. The first-order valence-corrected chi connectivity index (χ1v) is 5.70. The van der Waals surface area contributed by atoms with Crippen LogP contribution in [-0.4, -0.2) is 23.7 Å². The van der Waals surface area contributed by atoms with E-state index in [9.17, 15) is 4.79 Å². The normalized spacial score (nSPS) is 27.5. The van der Waals surface area contributed by atoms with Crippen LogP contribution >= 0.6 is 0 Å². The molecule has 1 saturated heterocycles. The SMILES string of the molecule is CCCCCC1CCNC(C(=O)O)C1. The highest BCUT2D eigenvalue weighted by Crippen LogP contribution is 2.22. The zero-order valence-corrected chi connectivity index (χ0v) is 8.96. The fraction of sp³-hybridized carbons (Fsp3) is 0.909. The minimum Gasteiger partial charge on any atom is -0.480 e. The molecule has 3 nitrogen and oxygen atoms in total. The molecule has 0 spiro atoms. The number of carboxylic acids is 1. The van der Waals surface area contributed by atoms with Gasteiger partial charge in [-0.2, -0.15) is 0 Å². The third kappa shape index (κ3) is 3.66. The Morgan fingerprint density at radius 1 is 1.50 bits per heavy atom. The summed E-state index contributed by atoms with van der Waals surface area (Å²) in [5, 5.41) is 11.9. The van der Waals surface area contributed by atoms with Gasteiger partial charge in [-0.05, 0) is 25.3 Å². The number of aliphatic carboxylic acids is 1. The van der Waals surface area contributed by atoms with Crippen LogP contribution in [0.1, 0.15) is 45.4 Å². The van der Waals surface area contributed by atoms with E-state index in [2.05, 4.69) is 12.2 Å². The van der Waals surface area contributed by atoms with E-state index in [-0.39, 0.29) is 6.04 Å². The lowest BCUT2D eigenvalue weighted by atomic mass is 9.88. The van der Waals surface area contributed by atoms with E-state index in [1.54, 1.807) is 0 Å². The van der Waals surface area contributed by atoms with Gasteiger partial charge in [0.05, 0.1) is 0 Å². The van der Waals surface area contributed by atoms with Gasteiger partial charge in [-0.3, -0.25) is 4.79 Å². The average molecular weight is 199 g/mol. The number of piperidine rings is 1. The summed E-state index contributed by atoms with van der Waals surface area (Å²) in [7, 11) is 0. The van der Waals surface area contributed by atoms with Crippen molar-refractivity contribution in [3.05, 3.63) is 0 Å². The smallest absolute Gasteiger partial charge is 0.320 e. The van der Waals surface area contributed by atoms with Crippen molar-refractivity contribution in [2.45, 2.75) is 51.5 Å². The van der Waals surface area contributed by atoms with Gasteiger partial charge < -0.3 is 10.4 Å². The summed E-state index contributed by atoms with van der Waals surface area (Å²) in [5.41, 5.74) is 0. The Bertz CT molecular complexity index is 182.